The Labute approximate surface area is 153 Å². The zero-order valence-corrected chi connectivity index (χ0v) is 14.1. The first-order valence-electron chi connectivity index (χ1n) is 7.64. The highest BCUT2D eigenvalue weighted by atomic mass is 35.5. The Morgan fingerprint density at radius 3 is 2.65 bits per heavy atom. The molecule has 1 atom stereocenters. The minimum absolute atomic E-state index is 0.102. The molecule has 0 spiro atoms. The van der Waals surface area contributed by atoms with Gasteiger partial charge in [-0.15, -0.1) is 0 Å². The van der Waals surface area contributed by atoms with E-state index in [1.807, 2.05) is 6.07 Å². The highest BCUT2D eigenvalue weighted by molar-refractivity contribution is 6.30. The third-order valence-electron chi connectivity index (χ3n) is 3.85. The van der Waals surface area contributed by atoms with Crippen LogP contribution < -0.4 is 5.32 Å². The quantitative estimate of drug-likeness (QED) is 0.523. The molecule has 3 rings (SSSR count). The predicted molar refractivity (Wildman–Crippen MR) is 98.0 cm³/mol. The number of fused-ring (bicyclic) bond motifs is 1. The van der Waals surface area contributed by atoms with Crippen molar-refractivity contribution >= 4 is 34.0 Å². The van der Waals surface area contributed by atoms with Crippen LogP contribution in [0.15, 0.2) is 48.5 Å². The minimum Gasteiger partial charge on any atom is -0.387 e. The number of hydrogen-bond donors (Lipinski definition) is 2. The summed E-state index contributed by atoms with van der Waals surface area (Å²) in [6.07, 6.45) is -0.785. The van der Waals surface area contributed by atoms with E-state index in [2.05, 4.69) is 10.3 Å². The molecule has 3 aromatic rings. The normalized spacial score (nSPS) is 11.7. The Morgan fingerprint density at radius 1 is 1.27 bits per heavy atom. The van der Waals surface area contributed by atoms with E-state index < -0.39 is 11.0 Å². The molecule has 2 aromatic carbocycles. The molecule has 26 heavy (non-hydrogen) atoms. The first-order chi connectivity index (χ1) is 12.5. The van der Waals surface area contributed by atoms with Crippen molar-refractivity contribution in [3.63, 3.8) is 0 Å². The van der Waals surface area contributed by atoms with Crippen LogP contribution in [0.5, 0.6) is 0 Å². The summed E-state index contributed by atoms with van der Waals surface area (Å²) in [4.78, 5) is 14.7. The lowest BCUT2D eigenvalue weighted by Crippen LogP contribution is -2.13. The molecule has 0 saturated carbocycles. The number of nitrogens with one attached hydrogen (secondary N) is 1. The Morgan fingerprint density at radius 2 is 2.00 bits per heavy atom. The maximum atomic E-state index is 10.9. The number of rotatable bonds is 5. The van der Waals surface area contributed by atoms with Gasteiger partial charge in [0.1, 0.15) is 5.82 Å². The van der Waals surface area contributed by atoms with Gasteiger partial charge in [-0.3, -0.25) is 10.1 Å². The molecule has 0 aliphatic rings. The molecule has 0 aliphatic heterocycles. The molecule has 1 aromatic heterocycles. The van der Waals surface area contributed by atoms with Gasteiger partial charge in [0.25, 0.3) is 5.69 Å². The van der Waals surface area contributed by atoms with Crippen LogP contribution in [-0.4, -0.2) is 21.6 Å². The first-order valence-corrected chi connectivity index (χ1v) is 8.02. The monoisotopic (exact) mass is 368 g/mol. The number of aliphatic hydroxyl groups excluding tert-OH is 1. The number of non-ortho nitro benzene ring substituents is 1. The topological polar surface area (TPSA) is 112 Å². The van der Waals surface area contributed by atoms with E-state index in [1.54, 1.807) is 24.3 Å². The third kappa shape index (κ3) is 3.72. The molecular weight excluding hydrogens is 356 g/mol. The molecule has 7 nitrogen and oxygen atoms in total. The summed E-state index contributed by atoms with van der Waals surface area (Å²) in [6.45, 7) is 0.179. The fourth-order valence-electron chi connectivity index (χ4n) is 2.51. The number of aromatic nitrogens is 1. The first kappa shape index (κ1) is 17.6. The molecule has 1 unspecified atom stereocenters. The van der Waals surface area contributed by atoms with Crippen LogP contribution >= 0.6 is 11.6 Å². The minimum atomic E-state index is -0.785. The largest absolute Gasteiger partial charge is 0.387 e. The van der Waals surface area contributed by atoms with E-state index in [1.165, 1.54) is 24.3 Å². The van der Waals surface area contributed by atoms with E-state index in [0.29, 0.717) is 27.3 Å². The van der Waals surface area contributed by atoms with Crippen molar-refractivity contribution in [1.29, 1.82) is 5.26 Å². The zero-order valence-electron chi connectivity index (χ0n) is 13.4. The second kappa shape index (κ2) is 7.35. The summed E-state index contributed by atoms with van der Waals surface area (Å²) in [6, 6.07) is 14.5. The lowest BCUT2D eigenvalue weighted by atomic mass is 10.1. The number of anilines is 1. The number of nitrogens with zero attached hydrogens (tertiary/aromatic N) is 3. The fourth-order valence-corrected chi connectivity index (χ4v) is 2.64. The number of nitro benzene ring substituents is 1. The second-order valence-corrected chi connectivity index (χ2v) is 6.01. The summed E-state index contributed by atoms with van der Waals surface area (Å²) in [5.74, 6) is 0.399. The van der Waals surface area contributed by atoms with Crippen LogP contribution in [0, 0.1) is 21.4 Å². The Hall–Kier alpha value is -3.21. The Bertz CT molecular complexity index is 1020. The molecule has 0 radical (unpaired) electrons. The number of pyridine rings is 1. The van der Waals surface area contributed by atoms with Gasteiger partial charge in [0, 0.05) is 29.1 Å². The SMILES string of the molecule is N#Cc1cc(NCC(O)c2ccc(Cl)cc2)nc2ccc([N+](=O)[O-])cc12. The van der Waals surface area contributed by atoms with Crippen molar-refractivity contribution in [2.45, 2.75) is 6.10 Å². The van der Waals surface area contributed by atoms with E-state index >= 15 is 0 Å². The summed E-state index contributed by atoms with van der Waals surface area (Å²) < 4.78 is 0. The summed E-state index contributed by atoms with van der Waals surface area (Å²) in [5.41, 5.74) is 1.31. The molecular formula is C18H13ClN4O3. The molecule has 0 bridgehead atoms. The smallest absolute Gasteiger partial charge is 0.270 e. The molecule has 8 heteroatoms. The lowest BCUT2D eigenvalue weighted by Gasteiger charge is -2.13. The standard InChI is InChI=1S/C18H13ClN4O3/c19-13-3-1-11(2-4-13)17(24)10-21-18-7-12(9-20)15-8-14(23(25)26)5-6-16(15)22-18/h1-8,17,24H,10H2,(H,21,22). The summed E-state index contributed by atoms with van der Waals surface area (Å²) >= 11 is 5.83. The fraction of sp³-hybridized carbons (Fsp3) is 0.111. The van der Waals surface area contributed by atoms with Gasteiger partial charge in [0.05, 0.1) is 28.2 Å². The summed E-state index contributed by atoms with van der Waals surface area (Å²) in [5, 5.41) is 34.4. The number of nitriles is 1. The van der Waals surface area contributed by atoms with Crippen molar-refractivity contribution < 1.29 is 10.0 Å². The highest BCUT2D eigenvalue weighted by Crippen LogP contribution is 2.25. The molecule has 130 valence electrons. The number of hydrogen-bond acceptors (Lipinski definition) is 6. The van der Waals surface area contributed by atoms with Gasteiger partial charge in [-0.25, -0.2) is 4.98 Å². The molecule has 2 N–H and O–H groups in total. The van der Waals surface area contributed by atoms with Gasteiger partial charge in [0.2, 0.25) is 0 Å². The Balaban J connectivity index is 1.84. The maximum Gasteiger partial charge on any atom is 0.270 e. The van der Waals surface area contributed by atoms with Crippen LogP contribution in [-0.2, 0) is 0 Å². The lowest BCUT2D eigenvalue weighted by molar-refractivity contribution is -0.384. The van der Waals surface area contributed by atoms with Crippen molar-refractivity contribution in [3.8, 4) is 6.07 Å². The van der Waals surface area contributed by atoms with Crippen LogP contribution in [0.25, 0.3) is 10.9 Å². The van der Waals surface area contributed by atoms with Crippen molar-refractivity contribution in [2.75, 3.05) is 11.9 Å². The number of aliphatic hydroxyl groups is 1. The molecule has 0 fully saturated rings. The zero-order chi connectivity index (χ0) is 18.7. The van der Waals surface area contributed by atoms with E-state index in [9.17, 15) is 20.5 Å². The molecule has 1 heterocycles. The number of benzene rings is 2. The average molecular weight is 369 g/mol. The Kier molecular flexibility index (Phi) is 4.98. The van der Waals surface area contributed by atoms with Gasteiger partial charge in [-0.2, -0.15) is 5.26 Å². The number of nitro groups is 1. The van der Waals surface area contributed by atoms with Gasteiger partial charge >= 0.3 is 0 Å². The molecule has 0 aliphatic carbocycles. The van der Waals surface area contributed by atoms with Crippen LogP contribution in [0.1, 0.15) is 17.2 Å². The second-order valence-electron chi connectivity index (χ2n) is 5.57. The molecule has 0 amide bonds. The van der Waals surface area contributed by atoms with E-state index in [-0.39, 0.29) is 17.8 Å². The molecule has 0 saturated heterocycles. The highest BCUT2D eigenvalue weighted by Gasteiger charge is 2.13. The van der Waals surface area contributed by atoms with Gasteiger partial charge in [-0.1, -0.05) is 23.7 Å². The third-order valence-corrected chi connectivity index (χ3v) is 4.11. The average Bonchev–Trinajstić information content (AvgIpc) is 2.65. The van der Waals surface area contributed by atoms with E-state index in [4.69, 9.17) is 11.6 Å². The van der Waals surface area contributed by atoms with Crippen molar-refractivity contribution in [3.05, 3.63) is 74.8 Å². The van der Waals surface area contributed by atoms with Crippen LogP contribution in [0.3, 0.4) is 0 Å². The number of halogens is 1. The van der Waals surface area contributed by atoms with Gasteiger partial charge in [0.15, 0.2) is 0 Å². The van der Waals surface area contributed by atoms with Gasteiger partial charge in [-0.05, 0) is 29.8 Å². The van der Waals surface area contributed by atoms with Crippen LogP contribution in [0.4, 0.5) is 11.5 Å². The van der Waals surface area contributed by atoms with Crippen molar-refractivity contribution in [1.82, 2.24) is 4.98 Å². The van der Waals surface area contributed by atoms with Crippen molar-refractivity contribution in [2.24, 2.45) is 0 Å². The predicted octanol–water partition coefficient (Wildman–Crippen LogP) is 3.81. The van der Waals surface area contributed by atoms with E-state index in [0.717, 1.165) is 0 Å². The maximum absolute atomic E-state index is 10.9. The van der Waals surface area contributed by atoms with Crippen LogP contribution in [0.2, 0.25) is 5.02 Å². The van der Waals surface area contributed by atoms with Gasteiger partial charge < -0.3 is 10.4 Å². The summed E-state index contributed by atoms with van der Waals surface area (Å²) in [7, 11) is 0.